The summed E-state index contributed by atoms with van der Waals surface area (Å²) in [5.41, 5.74) is 0.729. The highest BCUT2D eigenvalue weighted by atomic mass is 32.2. The fourth-order valence-electron chi connectivity index (χ4n) is 1.12. The SMILES string of the molecule is FC(F)=C(F)CCSc1nnc(-c2cncnc2)s1. The van der Waals surface area contributed by atoms with Crippen molar-refractivity contribution in [3.8, 4) is 10.6 Å². The van der Waals surface area contributed by atoms with Crippen molar-refractivity contribution in [2.24, 2.45) is 0 Å². The van der Waals surface area contributed by atoms with Gasteiger partial charge in [-0.25, -0.2) is 14.4 Å². The van der Waals surface area contributed by atoms with Crippen LogP contribution < -0.4 is 0 Å². The summed E-state index contributed by atoms with van der Waals surface area (Å²) in [6, 6.07) is 0. The first-order chi connectivity index (χ1) is 9.16. The summed E-state index contributed by atoms with van der Waals surface area (Å²) in [5, 5.41) is 8.45. The van der Waals surface area contributed by atoms with Gasteiger partial charge in [-0.05, 0) is 0 Å². The first-order valence-electron chi connectivity index (χ1n) is 5.08. The van der Waals surface area contributed by atoms with Gasteiger partial charge >= 0.3 is 6.08 Å². The molecule has 2 rings (SSSR count). The standard InChI is InChI=1S/C10H7F3N4S2/c11-7(8(12)13)1-2-18-10-17-16-9(19-10)6-3-14-5-15-4-6/h3-5H,1-2H2. The third-order valence-corrected chi connectivity index (χ3v) is 4.07. The Morgan fingerprint density at radius 1 is 1.16 bits per heavy atom. The highest BCUT2D eigenvalue weighted by Gasteiger charge is 2.09. The van der Waals surface area contributed by atoms with E-state index in [0.717, 1.165) is 5.56 Å². The molecule has 0 fully saturated rings. The quantitative estimate of drug-likeness (QED) is 0.791. The van der Waals surface area contributed by atoms with E-state index in [1.54, 1.807) is 12.4 Å². The summed E-state index contributed by atoms with van der Waals surface area (Å²) in [6.07, 6.45) is 2.02. The minimum absolute atomic E-state index is 0.184. The molecule has 0 saturated heterocycles. The van der Waals surface area contributed by atoms with Crippen molar-refractivity contribution in [2.45, 2.75) is 10.8 Å². The number of rotatable bonds is 5. The Hall–Kier alpha value is -1.48. The lowest BCUT2D eigenvalue weighted by Gasteiger charge is -1.94. The van der Waals surface area contributed by atoms with Crippen molar-refractivity contribution in [1.29, 1.82) is 0 Å². The van der Waals surface area contributed by atoms with Gasteiger partial charge in [-0.1, -0.05) is 23.1 Å². The third-order valence-electron chi connectivity index (χ3n) is 1.97. The Labute approximate surface area is 114 Å². The summed E-state index contributed by atoms with van der Waals surface area (Å²) in [7, 11) is 0. The molecule has 9 heteroatoms. The number of hydrogen-bond acceptors (Lipinski definition) is 6. The van der Waals surface area contributed by atoms with Gasteiger partial charge in [0, 0.05) is 30.1 Å². The van der Waals surface area contributed by atoms with Crippen molar-refractivity contribution in [3.63, 3.8) is 0 Å². The van der Waals surface area contributed by atoms with Crippen molar-refractivity contribution in [2.75, 3.05) is 5.75 Å². The fraction of sp³-hybridized carbons (Fsp3) is 0.200. The number of aromatic nitrogens is 4. The number of nitrogens with zero attached hydrogens (tertiary/aromatic N) is 4. The van der Waals surface area contributed by atoms with Crippen LogP contribution >= 0.6 is 23.1 Å². The highest BCUT2D eigenvalue weighted by molar-refractivity contribution is 8.01. The molecule has 0 aromatic carbocycles. The molecule has 0 aliphatic heterocycles. The molecule has 2 aromatic rings. The van der Waals surface area contributed by atoms with Crippen LogP contribution in [0.4, 0.5) is 13.2 Å². The molecule has 2 aromatic heterocycles. The van der Waals surface area contributed by atoms with Crippen LogP contribution in [0.1, 0.15) is 6.42 Å². The molecular weight excluding hydrogens is 297 g/mol. The molecule has 0 atom stereocenters. The Kier molecular flexibility index (Phi) is 4.86. The van der Waals surface area contributed by atoms with Gasteiger partial charge in [-0.2, -0.15) is 8.78 Å². The van der Waals surface area contributed by atoms with Gasteiger partial charge in [0.05, 0.1) is 0 Å². The van der Waals surface area contributed by atoms with Gasteiger partial charge in [0.25, 0.3) is 0 Å². The molecule has 0 bridgehead atoms. The predicted molar refractivity (Wildman–Crippen MR) is 66.6 cm³/mol. The van der Waals surface area contributed by atoms with Crippen LogP contribution in [0.2, 0.25) is 0 Å². The number of thioether (sulfide) groups is 1. The Morgan fingerprint density at radius 2 is 1.89 bits per heavy atom. The average Bonchev–Trinajstić information content (AvgIpc) is 2.88. The molecule has 0 amide bonds. The molecule has 0 saturated carbocycles. The van der Waals surface area contributed by atoms with Crippen LogP contribution in [0.25, 0.3) is 10.6 Å². The molecule has 0 aliphatic rings. The summed E-state index contributed by atoms with van der Waals surface area (Å²) in [4.78, 5) is 7.71. The van der Waals surface area contributed by atoms with E-state index >= 15 is 0 Å². The van der Waals surface area contributed by atoms with E-state index in [1.807, 2.05) is 0 Å². The van der Waals surface area contributed by atoms with Gasteiger partial charge < -0.3 is 0 Å². The lowest BCUT2D eigenvalue weighted by Crippen LogP contribution is -1.82. The summed E-state index contributed by atoms with van der Waals surface area (Å²) < 4.78 is 36.8. The van der Waals surface area contributed by atoms with Crippen molar-refractivity contribution in [3.05, 3.63) is 30.6 Å². The third kappa shape index (κ3) is 4.00. The number of hydrogen-bond donors (Lipinski definition) is 0. The molecular formula is C10H7F3N4S2. The van der Waals surface area contributed by atoms with E-state index < -0.39 is 11.9 Å². The average molecular weight is 304 g/mol. The van der Waals surface area contributed by atoms with Crippen LogP contribution in [0.15, 0.2) is 35.0 Å². The second-order valence-corrected chi connectivity index (χ2v) is 5.58. The molecule has 100 valence electrons. The van der Waals surface area contributed by atoms with Crippen molar-refractivity contribution in [1.82, 2.24) is 20.2 Å². The monoisotopic (exact) mass is 304 g/mol. The van der Waals surface area contributed by atoms with E-state index in [1.165, 1.54) is 29.4 Å². The molecule has 19 heavy (non-hydrogen) atoms. The van der Waals surface area contributed by atoms with Gasteiger partial charge in [-0.3, -0.25) is 0 Å². The fourth-order valence-corrected chi connectivity index (χ4v) is 2.95. The normalized spacial score (nSPS) is 10.5. The maximum atomic E-state index is 12.6. The summed E-state index contributed by atoms with van der Waals surface area (Å²) in [5.74, 6) is -1.20. The van der Waals surface area contributed by atoms with E-state index in [4.69, 9.17) is 0 Å². The second kappa shape index (κ2) is 6.62. The molecule has 4 nitrogen and oxygen atoms in total. The summed E-state index contributed by atoms with van der Waals surface area (Å²) in [6.45, 7) is 0. The minimum atomic E-state index is -2.26. The molecule has 0 unspecified atom stereocenters. The topological polar surface area (TPSA) is 51.6 Å². The maximum absolute atomic E-state index is 12.6. The molecule has 2 heterocycles. The second-order valence-electron chi connectivity index (χ2n) is 3.26. The van der Waals surface area contributed by atoms with Crippen LogP contribution in [-0.2, 0) is 0 Å². The zero-order valence-electron chi connectivity index (χ0n) is 9.39. The lowest BCUT2D eigenvalue weighted by molar-refractivity contribution is 0.373. The van der Waals surface area contributed by atoms with Gasteiger partial charge in [-0.15, -0.1) is 10.2 Å². The lowest BCUT2D eigenvalue weighted by atomic mass is 10.4. The number of halogens is 3. The Morgan fingerprint density at radius 3 is 2.58 bits per heavy atom. The molecule has 0 N–H and O–H groups in total. The van der Waals surface area contributed by atoms with Crippen molar-refractivity contribution >= 4 is 23.1 Å². The first-order valence-corrected chi connectivity index (χ1v) is 6.88. The predicted octanol–water partition coefficient (Wildman–Crippen LogP) is 3.55. The van der Waals surface area contributed by atoms with Gasteiger partial charge in [0.15, 0.2) is 15.2 Å². The zero-order valence-corrected chi connectivity index (χ0v) is 11.0. The maximum Gasteiger partial charge on any atom is 0.301 e. The zero-order chi connectivity index (χ0) is 13.7. The minimum Gasteiger partial charge on any atom is -0.244 e. The van der Waals surface area contributed by atoms with Crippen LogP contribution in [-0.4, -0.2) is 25.9 Å². The molecule has 0 radical (unpaired) electrons. The largest absolute Gasteiger partial charge is 0.301 e. The Bertz CT molecular complexity index is 569. The van der Waals surface area contributed by atoms with E-state index in [2.05, 4.69) is 20.2 Å². The highest BCUT2D eigenvalue weighted by Crippen LogP contribution is 2.29. The summed E-state index contributed by atoms with van der Waals surface area (Å²) >= 11 is 2.46. The van der Waals surface area contributed by atoms with Crippen LogP contribution in [0.5, 0.6) is 0 Å². The van der Waals surface area contributed by atoms with E-state index in [0.29, 0.717) is 9.35 Å². The van der Waals surface area contributed by atoms with Crippen molar-refractivity contribution < 1.29 is 13.2 Å². The molecule has 0 spiro atoms. The Balaban J connectivity index is 1.94. The smallest absolute Gasteiger partial charge is 0.244 e. The first kappa shape index (κ1) is 13.9. The molecule has 0 aliphatic carbocycles. The van der Waals surface area contributed by atoms with E-state index in [9.17, 15) is 13.2 Å². The van der Waals surface area contributed by atoms with Gasteiger partial charge in [0.2, 0.25) is 0 Å². The van der Waals surface area contributed by atoms with Crippen LogP contribution in [0, 0.1) is 0 Å². The van der Waals surface area contributed by atoms with Gasteiger partial charge in [0.1, 0.15) is 6.33 Å². The number of allylic oxidation sites excluding steroid dienone is 1. The van der Waals surface area contributed by atoms with E-state index in [-0.39, 0.29) is 12.2 Å². The van der Waals surface area contributed by atoms with Crippen LogP contribution in [0.3, 0.4) is 0 Å².